The van der Waals surface area contributed by atoms with Crippen LogP contribution in [0.2, 0.25) is 0 Å². The highest BCUT2D eigenvalue weighted by Crippen LogP contribution is 2.38. The van der Waals surface area contributed by atoms with Crippen LogP contribution in [0.15, 0.2) is 30.3 Å². The second-order valence-corrected chi connectivity index (χ2v) is 7.37. The van der Waals surface area contributed by atoms with E-state index in [0.29, 0.717) is 43.6 Å². The van der Waals surface area contributed by atoms with Gasteiger partial charge in [-0.3, -0.25) is 0 Å². The first-order valence-corrected chi connectivity index (χ1v) is 10.3. The fourth-order valence-electron chi connectivity index (χ4n) is 3.89. The van der Waals surface area contributed by atoms with E-state index in [4.69, 9.17) is 23.7 Å². The van der Waals surface area contributed by atoms with Crippen molar-refractivity contribution in [2.45, 2.75) is 31.8 Å². The summed E-state index contributed by atoms with van der Waals surface area (Å²) in [5.74, 6) is 3.70. The van der Waals surface area contributed by atoms with Gasteiger partial charge in [0, 0.05) is 13.1 Å². The Labute approximate surface area is 184 Å². The fraction of sp³-hybridized carbons (Fsp3) is 0.478. The number of aryl methyl sites for hydroxylation is 2. The molecule has 1 aliphatic carbocycles. The Balaban J connectivity index is 0.00000256. The second-order valence-electron chi connectivity index (χ2n) is 7.37. The summed E-state index contributed by atoms with van der Waals surface area (Å²) in [6.45, 7) is 2.43. The number of hydrogen-bond donors (Lipinski definition) is 1. The number of para-hydroxylation sites is 1. The Morgan fingerprint density at radius 2 is 1.67 bits per heavy atom. The van der Waals surface area contributed by atoms with Gasteiger partial charge in [-0.2, -0.15) is 0 Å². The summed E-state index contributed by atoms with van der Waals surface area (Å²) < 4.78 is 28.7. The van der Waals surface area contributed by atoms with Crippen molar-refractivity contribution in [3.8, 4) is 28.7 Å². The van der Waals surface area contributed by atoms with E-state index in [1.165, 1.54) is 24.0 Å². The molecule has 0 radical (unpaired) electrons. The molecule has 0 fully saturated rings. The Hall–Kier alpha value is -2.31. The van der Waals surface area contributed by atoms with E-state index in [1.807, 2.05) is 18.2 Å². The molecule has 1 aliphatic heterocycles. The maximum Gasteiger partial charge on any atom is 0.203 e. The largest absolute Gasteiger partial charge is 0.493 e. The molecule has 0 aromatic heterocycles. The van der Waals surface area contributed by atoms with Gasteiger partial charge in [0.05, 0.1) is 14.2 Å². The highest BCUT2D eigenvalue weighted by molar-refractivity contribution is 5.85. The molecule has 0 amide bonds. The van der Waals surface area contributed by atoms with Crippen molar-refractivity contribution < 1.29 is 23.7 Å². The lowest BCUT2D eigenvalue weighted by molar-refractivity contribution is 0.0893. The SMILES string of the molecule is COc1cccc(OC)c1OCCNC[C@@H]1COc2cc3c(cc2O1)CCCC3.Cl. The lowest BCUT2D eigenvalue weighted by Crippen LogP contribution is -2.39. The molecule has 6 nitrogen and oxygen atoms in total. The molecule has 0 saturated carbocycles. The lowest BCUT2D eigenvalue weighted by atomic mass is 9.91. The zero-order valence-electron chi connectivity index (χ0n) is 17.6. The van der Waals surface area contributed by atoms with Crippen molar-refractivity contribution in [3.05, 3.63) is 41.5 Å². The standard InChI is InChI=1S/C23H29NO5.ClH/c1-25-19-8-5-9-20(26-2)23(19)27-11-10-24-14-18-15-28-21-12-16-6-3-4-7-17(16)13-22(21)29-18;/h5,8-9,12-13,18,24H,3-4,6-7,10-11,14-15H2,1-2H3;1H/t18-;/m1./s1. The highest BCUT2D eigenvalue weighted by atomic mass is 35.5. The Morgan fingerprint density at radius 1 is 1.00 bits per heavy atom. The van der Waals surface area contributed by atoms with E-state index in [-0.39, 0.29) is 18.5 Å². The predicted octanol–water partition coefficient (Wildman–Crippen LogP) is 3.81. The molecular formula is C23H30ClNO5. The third-order valence-corrected chi connectivity index (χ3v) is 5.41. The van der Waals surface area contributed by atoms with Crippen LogP contribution in [0.4, 0.5) is 0 Å². The fourth-order valence-corrected chi connectivity index (χ4v) is 3.89. The minimum Gasteiger partial charge on any atom is -0.493 e. The summed E-state index contributed by atoms with van der Waals surface area (Å²) in [4.78, 5) is 0. The van der Waals surface area contributed by atoms with E-state index >= 15 is 0 Å². The van der Waals surface area contributed by atoms with E-state index in [0.717, 1.165) is 24.3 Å². The number of hydrogen-bond acceptors (Lipinski definition) is 6. The summed E-state index contributed by atoms with van der Waals surface area (Å²) in [6.07, 6.45) is 4.80. The number of benzene rings is 2. The molecule has 1 N–H and O–H groups in total. The average molecular weight is 436 g/mol. The molecule has 0 unspecified atom stereocenters. The zero-order chi connectivity index (χ0) is 20.1. The maximum absolute atomic E-state index is 6.17. The molecule has 1 atom stereocenters. The van der Waals surface area contributed by atoms with Crippen LogP contribution >= 0.6 is 12.4 Å². The van der Waals surface area contributed by atoms with Gasteiger partial charge in [0.1, 0.15) is 19.3 Å². The van der Waals surface area contributed by atoms with Crippen LogP contribution in [0.1, 0.15) is 24.0 Å². The first kappa shape index (κ1) is 22.4. The highest BCUT2D eigenvalue weighted by Gasteiger charge is 2.23. The van der Waals surface area contributed by atoms with Gasteiger partial charge in [-0.25, -0.2) is 0 Å². The molecule has 2 aliphatic rings. The van der Waals surface area contributed by atoms with Crippen LogP contribution in [0.25, 0.3) is 0 Å². The molecule has 1 heterocycles. The third-order valence-electron chi connectivity index (χ3n) is 5.41. The van der Waals surface area contributed by atoms with E-state index in [2.05, 4.69) is 17.4 Å². The lowest BCUT2D eigenvalue weighted by Gasteiger charge is -2.29. The number of halogens is 1. The van der Waals surface area contributed by atoms with Crippen LogP contribution in [-0.4, -0.2) is 46.6 Å². The Morgan fingerprint density at radius 3 is 2.33 bits per heavy atom. The van der Waals surface area contributed by atoms with Crippen molar-refractivity contribution >= 4 is 12.4 Å². The molecular weight excluding hydrogens is 406 g/mol. The topological polar surface area (TPSA) is 58.2 Å². The number of ether oxygens (including phenoxy) is 5. The van der Waals surface area contributed by atoms with Crippen molar-refractivity contribution in [1.82, 2.24) is 5.32 Å². The third kappa shape index (κ3) is 5.05. The van der Waals surface area contributed by atoms with Crippen molar-refractivity contribution in [2.75, 3.05) is 40.5 Å². The average Bonchev–Trinajstić information content (AvgIpc) is 2.77. The van der Waals surface area contributed by atoms with E-state index in [9.17, 15) is 0 Å². The van der Waals surface area contributed by atoms with Gasteiger partial charge < -0.3 is 29.0 Å². The molecule has 0 spiro atoms. The molecule has 4 rings (SSSR count). The van der Waals surface area contributed by atoms with Gasteiger partial charge in [-0.15, -0.1) is 12.4 Å². The van der Waals surface area contributed by atoms with Crippen LogP contribution in [0, 0.1) is 0 Å². The van der Waals surface area contributed by atoms with Crippen LogP contribution in [0.5, 0.6) is 28.7 Å². The maximum atomic E-state index is 6.17. The smallest absolute Gasteiger partial charge is 0.203 e. The van der Waals surface area contributed by atoms with Crippen molar-refractivity contribution in [1.29, 1.82) is 0 Å². The van der Waals surface area contributed by atoms with Gasteiger partial charge >= 0.3 is 0 Å². The van der Waals surface area contributed by atoms with E-state index < -0.39 is 0 Å². The quantitative estimate of drug-likeness (QED) is 0.636. The second kappa shape index (κ2) is 10.6. The van der Waals surface area contributed by atoms with Gasteiger partial charge in [-0.1, -0.05) is 6.07 Å². The number of rotatable bonds is 8. The molecule has 2 aromatic rings. The minimum absolute atomic E-state index is 0. The predicted molar refractivity (Wildman–Crippen MR) is 118 cm³/mol. The minimum atomic E-state index is -0.00932. The van der Waals surface area contributed by atoms with Crippen molar-refractivity contribution in [3.63, 3.8) is 0 Å². The molecule has 0 bridgehead atoms. The summed E-state index contributed by atoms with van der Waals surface area (Å²) in [6, 6.07) is 9.93. The van der Waals surface area contributed by atoms with Gasteiger partial charge in [0.2, 0.25) is 5.75 Å². The monoisotopic (exact) mass is 435 g/mol. The molecule has 164 valence electrons. The normalized spacial score (nSPS) is 16.8. The van der Waals surface area contributed by atoms with Crippen LogP contribution in [0.3, 0.4) is 0 Å². The molecule has 30 heavy (non-hydrogen) atoms. The van der Waals surface area contributed by atoms with E-state index in [1.54, 1.807) is 14.2 Å². The number of nitrogens with one attached hydrogen (secondary N) is 1. The Bertz CT molecular complexity index is 822. The molecule has 0 saturated heterocycles. The summed E-state index contributed by atoms with van der Waals surface area (Å²) in [7, 11) is 3.24. The molecule has 2 aromatic carbocycles. The van der Waals surface area contributed by atoms with Gasteiger partial charge in [0.15, 0.2) is 23.0 Å². The number of methoxy groups -OCH3 is 2. The Kier molecular flexibility index (Phi) is 7.94. The van der Waals surface area contributed by atoms with Gasteiger partial charge in [0.25, 0.3) is 0 Å². The summed E-state index contributed by atoms with van der Waals surface area (Å²) in [5.41, 5.74) is 2.82. The van der Waals surface area contributed by atoms with Crippen molar-refractivity contribution in [2.24, 2.45) is 0 Å². The first-order valence-electron chi connectivity index (χ1n) is 10.3. The zero-order valence-corrected chi connectivity index (χ0v) is 18.4. The van der Waals surface area contributed by atoms with Crippen LogP contribution < -0.4 is 29.0 Å². The molecule has 7 heteroatoms. The van der Waals surface area contributed by atoms with Crippen LogP contribution in [-0.2, 0) is 12.8 Å². The first-order chi connectivity index (χ1) is 14.3. The van der Waals surface area contributed by atoms with Gasteiger partial charge in [-0.05, 0) is 61.1 Å². The summed E-state index contributed by atoms with van der Waals surface area (Å²) in [5, 5.41) is 3.38. The number of fused-ring (bicyclic) bond motifs is 2. The summed E-state index contributed by atoms with van der Waals surface area (Å²) >= 11 is 0.